The quantitative estimate of drug-likeness (QED) is 0.434. The standard InChI is InChI=1S/C20H20BrClO3/c1-20(2,3)25-19(23)11-8-14-12-16(21)9-10-18(14)24-13-15-6-4-5-7-17(15)22/h4-12H,13H2,1-3H3/b11-8+. The van der Waals surface area contributed by atoms with Gasteiger partial charge >= 0.3 is 5.97 Å². The van der Waals surface area contributed by atoms with E-state index in [4.69, 9.17) is 21.1 Å². The van der Waals surface area contributed by atoms with Crippen molar-refractivity contribution in [3.8, 4) is 5.75 Å². The fourth-order valence-corrected chi connectivity index (χ4v) is 2.61. The summed E-state index contributed by atoms with van der Waals surface area (Å²) < 4.78 is 12.1. The van der Waals surface area contributed by atoms with Crippen LogP contribution in [0.3, 0.4) is 0 Å². The van der Waals surface area contributed by atoms with Crippen molar-refractivity contribution in [2.45, 2.75) is 33.0 Å². The van der Waals surface area contributed by atoms with Crippen molar-refractivity contribution in [2.24, 2.45) is 0 Å². The highest BCUT2D eigenvalue weighted by atomic mass is 79.9. The van der Waals surface area contributed by atoms with Gasteiger partial charge in [-0.05, 0) is 51.1 Å². The maximum Gasteiger partial charge on any atom is 0.331 e. The Kier molecular flexibility index (Phi) is 6.68. The van der Waals surface area contributed by atoms with Crippen molar-refractivity contribution in [1.82, 2.24) is 0 Å². The molecule has 0 heterocycles. The Morgan fingerprint density at radius 1 is 1.20 bits per heavy atom. The number of benzene rings is 2. The molecule has 2 rings (SSSR count). The lowest BCUT2D eigenvalue weighted by atomic mass is 10.1. The van der Waals surface area contributed by atoms with Gasteiger partial charge in [0.05, 0.1) is 0 Å². The third-order valence-electron chi connectivity index (χ3n) is 3.12. The molecule has 0 radical (unpaired) electrons. The van der Waals surface area contributed by atoms with Crippen molar-refractivity contribution in [3.05, 3.63) is 69.2 Å². The van der Waals surface area contributed by atoms with Gasteiger partial charge in [0.1, 0.15) is 18.0 Å². The van der Waals surface area contributed by atoms with Crippen LogP contribution >= 0.6 is 27.5 Å². The van der Waals surface area contributed by atoms with E-state index in [0.717, 1.165) is 15.6 Å². The molecule has 0 unspecified atom stereocenters. The lowest BCUT2D eigenvalue weighted by Crippen LogP contribution is -2.22. The van der Waals surface area contributed by atoms with E-state index < -0.39 is 11.6 Å². The highest BCUT2D eigenvalue weighted by molar-refractivity contribution is 9.10. The molecule has 0 saturated heterocycles. The molecule has 5 heteroatoms. The second-order valence-corrected chi connectivity index (χ2v) is 7.75. The van der Waals surface area contributed by atoms with E-state index in [2.05, 4.69) is 15.9 Å². The summed E-state index contributed by atoms with van der Waals surface area (Å²) in [6.45, 7) is 5.83. The van der Waals surface area contributed by atoms with E-state index in [9.17, 15) is 4.79 Å². The topological polar surface area (TPSA) is 35.5 Å². The van der Waals surface area contributed by atoms with Gasteiger partial charge in [-0.1, -0.05) is 45.7 Å². The molecule has 2 aromatic carbocycles. The molecule has 0 spiro atoms. The second kappa shape index (κ2) is 8.54. The van der Waals surface area contributed by atoms with Crippen molar-refractivity contribution < 1.29 is 14.3 Å². The molecule has 2 aromatic rings. The average Bonchev–Trinajstić information content (AvgIpc) is 2.52. The number of rotatable bonds is 5. The predicted octanol–water partition coefficient (Wildman–Crippen LogP) is 6.04. The summed E-state index contributed by atoms with van der Waals surface area (Å²) in [5.74, 6) is 0.257. The molecule has 0 bridgehead atoms. The van der Waals surface area contributed by atoms with Gasteiger partial charge in [-0.15, -0.1) is 0 Å². The Hall–Kier alpha value is -1.78. The maximum absolute atomic E-state index is 11.9. The number of halogens is 2. The maximum atomic E-state index is 11.9. The fourth-order valence-electron chi connectivity index (χ4n) is 2.05. The van der Waals surface area contributed by atoms with Crippen molar-refractivity contribution in [3.63, 3.8) is 0 Å². The first kappa shape index (κ1) is 19.5. The van der Waals surface area contributed by atoms with Gasteiger partial charge in [0.15, 0.2) is 0 Å². The second-order valence-electron chi connectivity index (χ2n) is 6.43. The first-order chi connectivity index (χ1) is 11.7. The number of hydrogen-bond acceptors (Lipinski definition) is 3. The molecule has 0 aliphatic rings. The summed E-state index contributed by atoms with van der Waals surface area (Å²) in [5, 5.41) is 0.658. The van der Waals surface area contributed by atoms with E-state index in [1.165, 1.54) is 6.08 Å². The first-order valence-electron chi connectivity index (χ1n) is 7.81. The molecule has 0 aliphatic carbocycles. The Morgan fingerprint density at radius 2 is 1.92 bits per heavy atom. The lowest BCUT2D eigenvalue weighted by molar-refractivity contribution is -0.148. The zero-order valence-corrected chi connectivity index (χ0v) is 16.7. The van der Waals surface area contributed by atoms with Crippen molar-refractivity contribution in [2.75, 3.05) is 0 Å². The van der Waals surface area contributed by atoms with Crippen LogP contribution in [-0.4, -0.2) is 11.6 Å². The van der Waals surface area contributed by atoms with Crippen LogP contribution in [0.4, 0.5) is 0 Å². The summed E-state index contributed by atoms with van der Waals surface area (Å²) in [6, 6.07) is 13.1. The van der Waals surface area contributed by atoms with Gasteiger partial charge in [0, 0.05) is 26.7 Å². The number of hydrogen-bond donors (Lipinski definition) is 0. The van der Waals surface area contributed by atoms with Crippen LogP contribution in [0.1, 0.15) is 31.9 Å². The molecule has 0 amide bonds. The zero-order chi connectivity index (χ0) is 18.4. The highest BCUT2D eigenvalue weighted by Crippen LogP contribution is 2.26. The first-order valence-corrected chi connectivity index (χ1v) is 8.98. The monoisotopic (exact) mass is 422 g/mol. The Bertz CT molecular complexity index is 779. The van der Waals surface area contributed by atoms with Crippen LogP contribution in [-0.2, 0) is 16.1 Å². The van der Waals surface area contributed by atoms with Crippen LogP contribution in [0.5, 0.6) is 5.75 Å². The molecule has 0 aliphatic heterocycles. The van der Waals surface area contributed by atoms with Gasteiger partial charge in [-0.2, -0.15) is 0 Å². The smallest absolute Gasteiger partial charge is 0.331 e. The molecule has 0 atom stereocenters. The lowest BCUT2D eigenvalue weighted by Gasteiger charge is -2.18. The number of ether oxygens (including phenoxy) is 2. The summed E-state index contributed by atoms with van der Waals surface area (Å²) in [6.07, 6.45) is 3.08. The van der Waals surface area contributed by atoms with Crippen LogP contribution in [0.2, 0.25) is 5.02 Å². The Labute approximate surface area is 161 Å². The molecule has 0 aromatic heterocycles. The van der Waals surface area contributed by atoms with Crippen LogP contribution in [0.15, 0.2) is 53.0 Å². The summed E-state index contributed by atoms with van der Waals surface area (Å²) in [4.78, 5) is 11.9. The van der Waals surface area contributed by atoms with Gasteiger partial charge < -0.3 is 9.47 Å². The molecular weight excluding hydrogens is 404 g/mol. The Balaban J connectivity index is 2.14. The third kappa shape index (κ3) is 6.56. The zero-order valence-electron chi connectivity index (χ0n) is 14.4. The number of carbonyl (C=O) groups is 1. The Morgan fingerprint density at radius 3 is 2.60 bits per heavy atom. The number of carbonyl (C=O) groups excluding carboxylic acids is 1. The van der Waals surface area contributed by atoms with Crippen LogP contribution in [0, 0.1) is 0 Å². The van der Waals surface area contributed by atoms with Crippen LogP contribution in [0.25, 0.3) is 6.08 Å². The predicted molar refractivity (Wildman–Crippen MR) is 105 cm³/mol. The van der Waals surface area contributed by atoms with E-state index in [0.29, 0.717) is 17.4 Å². The van der Waals surface area contributed by atoms with E-state index in [1.54, 1.807) is 6.08 Å². The summed E-state index contributed by atoms with van der Waals surface area (Å²) >= 11 is 9.59. The minimum atomic E-state index is -0.526. The highest BCUT2D eigenvalue weighted by Gasteiger charge is 2.14. The minimum Gasteiger partial charge on any atom is -0.488 e. The fraction of sp³-hybridized carbons (Fsp3) is 0.250. The van der Waals surface area contributed by atoms with Gasteiger partial charge in [-0.3, -0.25) is 0 Å². The third-order valence-corrected chi connectivity index (χ3v) is 3.98. The van der Waals surface area contributed by atoms with E-state index in [-0.39, 0.29) is 0 Å². The van der Waals surface area contributed by atoms with Crippen molar-refractivity contribution >= 4 is 39.6 Å². The van der Waals surface area contributed by atoms with E-state index >= 15 is 0 Å². The van der Waals surface area contributed by atoms with E-state index in [1.807, 2.05) is 63.2 Å². The molecule has 132 valence electrons. The molecule has 0 fully saturated rings. The van der Waals surface area contributed by atoms with Gasteiger partial charge in [0.2, 0.25) is 0 Å². The molecule has 0 saturated carbocycles. The average molecular weight is 424 g/mol. The molecule has 3 nitrogen and oxygen atoms in total. The largest absolute Gasteiger partial charge is 0.488 e. The van der Waals surface area contributed by atoms with Gasteiger partial charge in [-0.25, -0.2) is 4.79 Å². The number of esters is 1. The minimum absolute atomic E-state index is 0.342. The molecule has 25 heavy (non-hydrogen) atoms. The van der Waals surface area contributed by atoms with Gasteiger partial charge in [0.25, 0.3) is 0 Å². The summed E-state index contributed by atoms with van der Waals surface area (Å²) in [7, 11) is 0. The van der Waals surface area contributed by atoms with Crippen molar-refractivity contribution in [1.29, 1.82) is 0 Å². The molecule has 0 N–H and O–H groups in total. The SMILES string of the molecule is CC(C)(C)OC(=O)/C=C/c1cc(Br)ccc1OCc1ccccc1Cl. The van der Waals surface area contributed by atoms with Crippen LogP contribution < -0.4 is 4.74 Å². The normalized spacial score (nSPS) is 11.6. The molecular formula is C20H20BrClO3. The summed E-state index contributed by atoms with van der Waals surface area (Å²) in [5.41, 5.74) is 1.14.